The van der Waals surface area contributed by atoms with Crippen molar-refractivity contribution in [2.24, 2.45) is 5.92 Å². The second-order valence-corrected chi connectivity index (χ2v) is 9.81. The number of halogens is 1. The fourth-order valence-corrected chi connectivity index (χ4v) is 5.95. The SMILES string of the molecule is CN1C[C@H](c2ccc(-c3ccc(Cl)cc3)o2)[C@@H](C(=O)c2ccccc2)C12C(=O)c1ccccc1C2=O. The summed E-state index contributed by atoms with van der Waals surface area (Å²) in [5, 5.41) is 0.622. The molecule has 0 N–H and O–H groups in total. The molecule has 178 valence electrons. The standard InChI is InChI=1S/C30H22ClNO4/c1-32-17-23(25-16-15-24(36-25)18-11-13-20(31)14-12-18)26(27(33)19-7-3-2-4-8-19)30(32)28(34)21-9-5-6-10-22(21)29(30)35/h2-16,23,26H,17H2,1H3/t23-,26+/m1/s1. The number of likely N-dealkylation sites (tertiary alicyclic amines) is 1. The number of carbonyl (C=O) groups is 3. The Bertz CT molecular complexity index is 1470. The van der Waals surface area contributed by atoms with E-state index in [4.69, 9.17) is 16.0 Å². The molecule has 2 heterocycles. The van der Waals surface area contributed by atoms with E-state index in [1.165, 1.54) is 0 Å². The number of Topliss-reactive ketones (excluding diaryl/α,β-unsaturated/α-hetero) is 3. The summed E-state index contributed by atoms with van der Waals surface area (Å²) in [4.78, 5) is 43.8. The normalized spacial score (nSPS) is 20.7. The minimum Gasteiger partial charge on any atom is -0.461 e. The van der Waals surface area contributed by atoms with Gasteiger partial charge in [0, 0.05) is 39.7 Å². The zero-order chi connectivity index (χ0) is 25.0. The Morgan fingerprint density at radius 3 is 2.11 bits per heavy atom. The van der Waals surface area contributed by atoms with E-state index in [0.717, 1.165) is 5.56 Å². The van der Waals surface area contributed by atoms with E-state index < -0.39 is 17.4 Å². The molecule has 36 heavy (non-hydrogen) atoms. The molecule has 1 aromatic heterocycles. The molecular weight excluding hydrogens is 474 g/mol. The van der Waals surface area contributed by atoms with Crippen LogP contribution in [-0.2, 0) is 0 Å². The highest BCUT2D eigenvalue weighted by atomic mass is 35.5. The number of furan rings is 1. The Hall–Kier alpha value is -3.80. The summed E-state index contributed by atoms with van der Waals surface area (Å²) in [7, 11) is 1.75. The average Bonchev–Trinajstić information content (AvgIpc) is 3.57. The summed E-state index contributed by atoms with van der Waals surface area (Å²) in [6.07, 6.45) is 0. The van der Waals surface area contributed by atoms with Crippen LogP contribution in [0.15, 0.2) is 95.4 Å². The monoisotopic (exact) mass is 495 g/mol. The highest BCUT2D eigenvalue weighted by molar-refractivity contribution is 6.35. The van der Waals surface area contributed by atoms with Gasteiger partial charge in [0.15, 0.2) is 22.9 Å². The van der Waals surface area contributed by atoms with Crippen LogP contribution in [-0.4, -0.2) is 41.4 Å². The van der Waals surface area contributed by atoms with Gasteiger partial charge in [0.25, 0.3) is 0 Å². The van der Waals surface area contributed by atoms with Crippen molar-refractivity contribution in [1.29, 1.82) is 0 Å². The molecule has 0 bridgehead atoms. The zero-order valence-corrected chi connectivity index (χ0v) is 20.2. The Morgan fingerprint density at radius 2 is 1.47 bits per heavy atom. The largest absolute Gasteiger partial charge is 0.461 e. The molecule has 0 saturated carbocycles. The summed E-state index contributed by atoms with van der Waals surface area (Å²) < 4.78 is 6.26. The van der Waals surface area contributed by atoms with Gasteiger partial charge in [-0.15, -0.1) is 0 Å². The molecule has 0 unspecified atom stereocenters. The summed E-state index contributed by atoms with van der Waals surface area (Å²) >= 11 is 6.03. The first-order chi connectivity index (χ1) is 17.4. The topological polar surface area (TPSA) is 67.6 Å². The van der Waals surface area contributed by atoms with Gasteiger partial charge in [0.1, 0.15) is 11.5 Å². The minimum atomic E-state index is -1.62. The van der Waals surface area contributed by atoms with Crippen molar-refractivity contribution >= 4 is 29.0 Å². The van der Waals surface area contributed by atoms with Gasteiger partial charge in [0.05, 0.1) is 5.92 Å². The summed E-state index contributed by atoms with van der Waals surface area (Å²) in [5.41, 5.74) is 0.416. The van der Waals surface area contributed by atoms with E-state index in [-0.39, 0.29) is 17.3 Å². The van der Waals surface area contributed by atoms with Crippen molar-refractivity contribution in [2.75, 3.05) is 13.6 Å². The minimum absolute atomic E-state index is 0.246. The van der Waals surface area contributed by atoms with Gasteiger partial charge < -0.3 is 4.42 Å². The molecule has 1 fully saturated rings. The van der Waals surface area contributed by atoms with E-state index in [1.54, 1.807) is 72.6 Å². The average molecular weight is 496 g/mol. The van der Waals surface area contributed by atoms with Crippen LogP contribution in [0.5, 0.6) is 0 Å². The maximum atomic E-state index is 14.1. The first-order valence-electron chi connectivity index (χ1n) is 11.8. The molecule has 6 heteroatoms. The lowest BCUT2D eigenvalue weighted by Gasteiger charge is -2.33. The van der Waals surface area contributed by atoms with Crippen molar-refractivity contribution in [3.63, 3.8) is 0 Å². The van der Waals surface area contributed by atoms with Crippen molar-refractivity contribution < 1.29 is 18.8 Å². The molecule has 6 rings (SSSR count). The van der Waals surface area contributed by atoms with Crippen molar-refractivity contribution in [3.8, 4) is 11.3 Å². The third-order valence-corrected chi connectivity index (χ3v) is 7.75. The molecule has 5 nitrogen and oxygen atoms in total. The summed E-state index contributed by atoms with van der Waals surface area (Å²) in [5.74, 6) is -1.15. The van der Waals surface area contributed by atoms with Crippen LogP contribution in [0.4, 0.5) is 0 Å². The predicted octanol–water partition coefficient (Wildman–Crippen LogP) is 5.95. The van der Waals surface area contributed by atoms with Crippen LogP contribution in [0.3, 0.4) is 0 Å². The van der Waals surface area contributed by atoms with Crippen LogP contribution in [0.2, 0.25) is 5.02 Å². The Morgan fingerprint density at radius 1 is 0.861 bits per heavy atom. The first-order valence-corrected chi connectivity index (χ1v) is 12.2. The van der Waals surface area contributed by atoms with Gasteiger partial charge >= 0.3 is 0 Å². The van der Waals surface area contributed by atoms with Crippen LogP contribution < -0.4 is 0 Å². The van der Waals surface area contributed by atoms with Gasteiger partial charge in [-0.25, -0.2) is 0 Å². The number of benzene rings is 3. The zero-order valence-electron chi connectivity index (χ0n) is 19.5. The van der Waals surface area contributed by atoms with E-state index >= 15 is 0 Å². The lowest BCUT2D eigenvalue weighted by atomic mass is 9.71. The fourth-order valence-electron chi connectivity index (χ4n) is 5.83. The van der Waals surface area contributed by atoms with Gasteiger partial charge in [-0.3, -0.25) is 19.3 Å². The van der Waals surface area contributed by atoms with E-state index in [1.807, 2.05) is 30.3 Å². The molecule has 2 aliphatic rings. The third kappa shape index (κ3) is 3.16. The summed E-state index contributed by atoms with van der Waals surface area (Å²) in [6.45, 7) is 0.322. The smallest absolute Gasteiger partial charge is 0.192 e. The molecule has 1 spiro atoms. The molecule has 4 aromatic rings. The number of fused-ring (bicyclic) bond motifs is 1. The van der Waals surface area contributed by atoms with Gasteiger partial charge in [-0.05, 0) is 43.4 Å². The maximum absolute atomic E-state index is 14.1. The predicted molar refractivity (Wildman–Crippen MR) is 137 cm³/mol. The van der Waals surface area contributed by atoms with Crippen LogP contribution in [0.1, 0.15) is 42.8 Å². The number of nitrogens with zero attached hydrogens (tertiary/aromatic N) is 1. The number of rotatable bonds is 4. The van der Waals surface area contributed by atoms with Gasteiger partial charge in [-0.2, -0.15) is 0 Å². The molecule has 1 aliphatic heterocycles. The van der Waals surface area contributed by atoms with Crippen LogP contribution in [0, 0.1) is 5.92 Å². The van der Waals surface area contributed by atoms with Crippen LogP contribution in [0.25, 0.3) is 11.3 Å². The number of likely N-dealkylation sites (N-methyl/N-ethyl adjacent to an activating group) is 1. The first kappa shape index (κ1) is 22.7. The van der Waals surface area contributed by atoms with Crippen molar-refractivity contribution in [1.82, 2.24) is 4.90 Å². The molecular formula is C30H22ClNO4. The fraction of sp³-hybridized carbons (Fsp3) is 0.167. The van der Waals surface area contributed by atoms with Crippen molar-refractivity contribution in [3.05, 3.63) is 118 Å². The number of hydrogen-bond donors (Lipinski definition) is 0. The molecule has 2 atom stereocenters. The van der Waals surface area contributed by atoms with Gasteiger partial charge in [-0.1, -0.05) is 66.2 Å². The quantitative estimate of drug-likeness (QED) is 0.258. The number of carbonyl (C=O) groups excluding carboxylic acids is 3. The molecule has 1 saturated heterocycles. The Balaban J connectivity index is 1.50. The maximum Gasteiger partial charge on any atom is 0.192 e. The van der Waals surface area contributed by atoms with Crippen molar-refractivity contribution in [2.45, 2.75) is 11.5 Å². The molecule has 0 amide bonds. The second kappa shape index (κ2) is 8.40. The summed E-state index contributed by atoms with van der Waals surface area (Å²) in [6, 6.07) is 26.7. The molecule has 1 aliphatic carbocycles. The Kier molecular flexibility index (Phi) is 5.29. The highest BCUT2D eigenvalue weighted by Crippen LogP contribution is 2.52. The number of ketones is 3. The third-order valence-electron chi connectivity index (χ3n) is 7.50. The van der Waals surface area contributed by atoms with E-state index in [0.29, 0.717) is 39.8 Å². The lowest BCUT2D eigenvalue weighted by Crippen LogP contribution is -2.57. The number of hydrogen-bond acceptors (Lipinski definition) is 5. The lowest BCUT2D eigenvalue weighted by molar-refractivity contribution is 0.0514. The van der Waals surface area contributed by atoms with E-state index in [2.05, 4.69) is 0 Å². The second-order valence-electron chi connectivity index (χ2n) is 9.37. The van der Waals surface area contributed by atoms with Crippen LogP contribution >= 0.6 is 11.6 Å². The van der Waals surface area contributed by atoms with Gasteiger partial charge in [0.2, 0.25) is 0 Å². The Labute approximate surface area is 213 Å². The molecule has 3 aromatic carbocycles. The highest BCUT2D eigenvalue weighted by Gasteiger charge is 2.68. The molecule has 0 radical (unpaired) electrons. The van der Waals surface area contributed by atoms with E-state index in [9.17, 15) is 14.4 Å².